The molecule has 0 fully saturated rings. The van der Waals surface area contributed by atoms with Gasteiger partial charge in [0, 0.05) is 6.92 Å². The first kappa shape index (κ1) is 7.02. The van der Waals surface area contributed by atoms with Crippen LogP contribution in [0.25, 0.3) is 11.2 Å². The first-order valence-corrected chi connectivity index (χ1v) is 4.23. The Morgan fingerprint density at radius 1 is 1.36 bits per heavy atom. The van der Waals surface area contributed by atoms with Crippen molar-refractivity contribution >= 4 is 33.8 Å². The van der Waals surface area contributed by atoms with Crippen LogP contribution in [0, 0.1) is 10.6 Å². The summed E-state index contributed by atoms with van der Waals surface area (Å²) in [4.78, 5) is 8.27. The predicted octanol–water partition coefficient (Wildman–Crippen LogP) is 2.14. The third-order valence-electron chi connectivity index (χ3n) is 1.33. The second-order valence-electron chi connectivity index (χ2n) is 2.19. The normalized spacial score (nSPS) is 10.7. The Kier molecular flexibility index (Phi) is 1.56. The van der Waals surface area contributed by atoms with E-state index in [1.165, 1.54) is 0 Å². The van der Waals surface area contributed by atoms with Crippen molar-refractivity contribution in [2.45, 2.75) is 6.92 Å². The summed E-state index contributed by atoms with van der Waals surface area (Å²) in [6, 6.07) is 3.78. The van der Waals surface area contributed by atoms with Crippen molar-refractivity contribution in [3.8, 4) is 0 Å². The number of hydrogen-bond donors (Lipinski definition) is 0. The minimum Gasteiger partial charge on any atom is -0.439 e. The molecular formula is C7H5IN2O. The first-order chi connectivity index (χ1) is 5.25. The highest BCUT2D eigenvalue weighted by atomic mass is 127. The van der Waals surface area contributed by atoms with Crippen LogP contribution in [0.1, 0.15) is 5.89 Å². The lowest BCUT2D eigenvalue weighted by molar-refractivity contribution is 0.561. The maximum absolute atomic E-state index is 5.25. The van der Waals surface area contributed by atoms with Gasteiger partial charge in [-0.05, 0) is 34.7 Å². The highest BCUT2D eigenvalue weighted by molar-refractivity contribution is 14.1. The lowest BCUT2D eigenvalue weighted by atomic mass is 10.5. The summed E-state index contributed by atoms with van der Waals surface area (Å²) in [6.07, 6.45) is 0. The van der Waals surface area contributed by atoms with Gasteiger partial charge in [0.1, 0.15) is 3.70 Å². The van der Waals surface area contributed by atoms with Crippen LogP contribution in [0.2, 0.25) is 0 Å². The molecule has 0 saturated heterocycles. The van der Waals surface area contributed by atoms with Gasteiger partial charge in [-0.3, -0.25) is 0 Å². The van der Waals surface area contributed by atoms with Gasteiger partial charge in [-0.2, -0.15) is 4.98 Å². The van der Waals surface area contributed by atoms with Gasteiger partial charge in [0.05, 0.1) is 0 Å². The number of pyridine rings is 1. The number of oxazole rings is 1. The number of aromatic nitrogens is 2. The van der Waals surface area contributed by atoms with E-state index in [4.69, 9.17) is 4.42 Å². The summed E-state index contributed by atoms with van der Waals surface area (Å²) in [5.74, 6) is 0.662. The van der Waals surface area contributed by atoms with E-state index in [1.54, 1.807) is 0 Å². The smallest absolute Gasteiger partial charge is 0.199 e. The Labute approximate surface area is 77.0 Å². The molecule has 0 N–H and O–H groups in total. The van der Waals surface area contributed by atoms with E-state index < -0.39 is 0 Å². The van der Waals surface area contributed by atoms with Crippen molar-refractivity contribution in [2.75, 3.05) is 0 Å². The fourth-order valence-corrected chi connectivity index (χ4v) is 1.31. The van der Waals surface area contributed by atoms with Crippen molar-refractivity contribution in [3.63, 3.8) is 0 Å². The van der Waals surface area contributed by atoms with Gasteiger partial charge in [-0.1, -0.05) is 0 Å². The summed E-state index contributed by atoms with van der Waals surface area (Å²) in [5, 5.41) is 0. The molecule has 0 aliphatic rings. The SMILES string of the molecule is Cc1nc2nc(I)ccc2o1. The minimum absolute atomic E-state index is 0.662. The molecule has 11 heavy (non-hydrogen) atoms. The van der Waals surface area contributed by atoms with Crippen LogP contribution in [0.15, 0.2) is 16.5 Å². The van der Waals surface area contributed by atoms with Crippen LogP contribution in [0.5, 0.6) is 0 Å². The summed E-state index contributed by atoms with van der Waals surface area (Å²) < 4.78 is 6.18. The molecule has 0 amide bonds. The van der Waals surface area contributed by atoms with E-state index in [9.17, 15) is 0 Å². The van der Waals surface area contributed by atoms with Gasteiger partial charge in [0.15, 0.2) is 17.1 Å². The van der Waals surface area contributed by atoms with E-state index in [1.807, 2.05) is 19.1 Å². The third kappa shape index (κ3) is 1.22. The zero-order chi connectivity index (χ0) is 7.84. The minimum atomic E-state index is 0.662. The van der Waals surface area contributed by atoms with Crippen LogP contribution < -0.4 is 0 Å². The molecule has 3 nitrogen and oxygen atoms in total. The van der Waals surface area contributed by atoms with Crippen LogP contribution in [0.4, 0.5) is 0 Å². The van der Waals surface area contributed by atoms with Crippen molar-refractivity contribution in [2.24, 2.45) is 0 Å². The monoisotopic (exact) mass is 260 g/mol. The molecule has 0 aliphatic carbocycles. The Morgan fingerprint density at radius 2 is 2.18 bits per heavy atom. The highest BCUT2D eigenvalue weighted by Gasteiger charge is 2.01. The number of halogens is 1. The van der Waals surface area contributed by atoms with Crippen molar-refractivity contribution in [1.29, 1.82) is 0 Å². The van der Waals surface area contributed by atoms with Gasteiger partial charge in [-0.25, -0.2) is 4.98 Å². The molecule has 4 heteroatoms. The zero-order valence-electron chi connectivity index (χ0n) is 5.84. The maximum Gasteiger partial charge on any atom is 0.199 e. The average molecular weight is 260 g/mol. The molecule has 56 valence electrons. The molecule has 0 aromatic carbocycles. The van der Waals surface area contributed by atoms with Crippen molar-refractivity contribution < 1.29 is 4.42 Å². The molecule has 2 aromatic heterocycles. The quantitative estimate of drug-likeness (QED) is 0.538. The Morgan fingerprint density at radius 3 is 3.00 bits per heavy atom. The topological polar surface area (TPSA) is 38.9 Å². The number of fused-ring (bicyclic) bond motifs is 1. The largest absolute Gasteiger partial charge is 0.439 e. The highest BCUT2D eigenvalue weighted by Crippen LogP contribution is 2.13. The number of rotatable bonds is 0. The van der Waals surface area contributed by atoms with Gasteiger partial charge < -0.3 is 4.42 Å². The first-order valence-electron chi connectivity index (χ1n) is 3.15. The zero-order valence-corrected chi connectivity index (χ0v) is 7.99. The van der Waals surface area contributed by atoms with Crippen LogP contribution >= 0.6 is 22.6 Å². The van der Waals surface area contributed by atoms with Crippen LogP contribution in [0.3, 0.4) is 0 Å². The van der Waals surface area contributed by atoms with Gasteiger partial charge in [-0.15, -0.1) is 0 Å². The Hall–Kier alpha value is -0.650. The molecule has 0 aliphatic heterocycles. The van der Waals surface area contributed by atoms with Gasteiger partial charge in [0.2, 0.25) is 0 Å². The lowest BCUT2D eigenvalue weighted by Crippen LogP contribution is -1.79. The van der Waals surface area contributed by atoms with Crippen LogP contribution in [-0.2, 0) is 0 Å². The molecule has 2 aromatic rings. The molecule has 0 unspecified atom stereocenters. The van der Waals surface area contributed by atoms with E-state index in [2.05, 4.69) is 32.6 Å². The Balaban J connectivity index is 2.82. The van der Waals surface area contributed by atoms with E-state index >= 15 is 0 Å². The second-order valence-corrected chi connectivity index (χ2v) is 3.29. The van der Waals surface area contributed by atoms with Gasteiger partial charge >= 0.3 is 0 Å². The Bertz CT molecular complexity index is 396. The van der Waals surface area contributed by atoms with Crippen molar-refractivity contribution in [1.82, 2.24) is 9.97 Å². The summed E-state index contributed by atoms with van der Waals surface area (Å²) in [7, 11) is 0. The second kappa shape index (κ2) is 2.44. The molecule has 0 radical (unpaired) electrons. The predicted molar refractivity (Wildman–Crippen MR) is 49.3 cm³/mol. The summed E-state index contributed by atoms with van der Waals surface area (Å²) in [6.45, 7) is 1.81. The lowest BCUT2D eigenvalue weighted by Gasteiger charge is -1.85. The van der Waals surface area contributed by atoms with E-state index in [0.717, 1.165) is 9.28 Å². The molecule has 0 spiro atoms. The third-order valence-corrected chi connectivity index (χ3v) is 1.93. The summed E-state index contributed by atoms with van der Waals surface area (Å²) in [5.41, 5.74) is 1.44. The maximum atomic E-state index is 5.25. The fourth-order valence-electron chi connectivity index (χ4n) is 0.903. The molecule has 0 bridgehead atoms. The van der Waals surface area contributed by atoms with Crippen LogP contribution in [-0.4, -0.2) is 9.97 Å². The average Bonchev–Trinajstić information content (AvgIpc) is 2.27. The molecule has 0 atom stereocenters. The van der Waals surface area contributed by atoms with Crippen molar-refractivity contribution in [3.05, 3.63) is 21.7 Å². The number of nitrogens with zero attached hydrogens (tertiary/aromatic N) is 2. The number of aryl methyl sites for hydroxylation is 1. The van der Waals surface area contributed by atoms with E-state index in [-0.39, 0.29) is 0 Å². The number of hydrogen-bond acceptors (Lipinski definition) is 3. The molecule has 2 heterocycles. The summed E-state index contributed by atoms with van der Waals surface area (Å²) >= 11 is 2.14. The fraction of sp³-hybridized carbons (Fsp3) is 0.143. The molecular weight excluding hydrogens is 255 g/mol. The molecule has 0 saturated carbocycles. The van der Waals surface area contributed by atoms with E-state index in [0.29, 0.717) is 11.5 Å². The molecule has 2 rings (SSSR count). The standard InChI is InChI=1S/C7H5IN2O/c1-4-9-7-5(11-4)2-3-6(8)10-7/h2-3H,1H3. The van der Waals surface area contributed by atoms with Gasteiger partial charge in [0.25, 0.3) is 0 Å².